The molecule has 0 bridgehead atoms. The van der Waals surface area contributed by atoms with Crippen LogP contribution >= 0.6 is 11.6 Å². The molecule has 1 heterocycles. The average Bonchev–Trinajstić information content (AvgIpc) is 2.99. The summed E-state index contributed by atoms with van der Waals surface area (Å²) in [7, 11) is 1.53. The number of amides is 1. The first-order valence-electron chi connectivity index (χ1n) is 9.12. The van der Waals surface area contributed by atoms with Gasteiger partial charge in [0.1, 0.15) is 5.76 Å². The minimum Gasteiger partial charge on any atom is -0.507 e. The van der Waals surface area contributed by atoms with Gasteiger partial charge in [0.25, 0.3) is 17.4 Å². The summed E-state index contributed by atoms with van der Waals surface area (Å²) in [6.07, 6.45) is 0.480. The maximum atomic E-state index is 12.8. The summed E-state index contributed by atoms with van der Waals surface area (Å²) in [6.45, 7) is 0.602. The summed E-state index contributed by atoms with van der Waals surface area (Å²) >= 11 is 5.89. The topological polar surface area (TPSA) is 110 Å². The van der Waals surface area contributed by atoms with E-state index in [0.717, 1.165) is 0 Å². The zero-order valence-electron chi connectivity index (χ0n) is 16.1. The van der Waals surface area contributed by atoms with Gasteiger partial charge < -0.3 is 14.7 Å². The number of halogens is 1. The van der Waals surface area contributed by atoms with E-state index in [1.807, 2.05) is 0 Å². The number of aliphatic hydroxyl groups excluding tert-OH is 1. The minimum atomic E-state index is -0.877. The number of nitrogens with zero attached hydrogens (tertiary/aromatic N) is 2. The number of aliphatic hydroxyl groups is 1. The minimum absolute atomic E-state index is 0.0754. The molecule has 9 heteroatoms. The molecule has 1 fully saturated rings. The average molecular weight is 431 g/mol. The lowest BCUT2D eigenvalue weighted by Gasteiger charge is -2.25. The molecule has 0 aliphatic carbocycles. The highest BCUT2D eigenvalue weighted by molar-refractivity contribution is 6.46. The van der Waals surface area contributed by atoms with Gasteiger partial charge in [-0.25, -0.2) is 0 Å². The van der Waals surface area contributed by atoms with Crippen molar-refractivity contribution in [3.05, 3.63) is 80.4 Å². The summed E-state index contributed by atoms with van der Waals surface area (Å²) < 4.78 is 5.03. The van der Waals surface area contributed by atoms with Crippen molar-refractivity contribution >= 4 is 34.7 Å². The Kier molecular flexibility index (Phi) is 6.49. The number of likely N-dealkylation sites (tertiary alicyclic amines) is 1. The Hall–Kier alpha value is -3.23. The third-order valence-electron chi connectivity index (χ3n) is 4.82. The fourth-order valence-electron chi connectivity index (χ4n) is 3.38. The van der Waals surface area contributed by atoms with Crippen LogP contribution in [0.2, 0.25) is 5.02 Å². The second-order valence-corrected chi connectivity index (χ2v) is 7.13. The number of methoxy groups -OCH3 is 1. The highest BCUT2D eigenvalue weighted by atomic mass is 35.5. The lowest BCUT2D eigenvalue weighted by molar-refractivity contribution is -0.384. The maximum Gasteiger partial charge on any atom is 0.295 e. The summed E-state index contributed by atoms with van der Waals surface area (Å²) in [6, 6.07) is 10.9. The molecular weight excluding hydrogens is 412 g/mol. The lowest BCUT2D eigenvalue weighted by Crippen LogP contribution is -2.31. The van der Waals surface area contributed by atoms with Gasteiger partial charge in [-0.05, 0) is 48.4 Å². The molecule has 1 N–H and O–H groups in total. The van der Waals surface area contributed by atoms with Gasteiger partial charge in [0.05, 0.1) is 16.5 Å². The van der Waals surface area contributed by atoms with E-state index in [-0.39, 0.29) is 23.6 Å². The molecule has 1 amide bonds. The van der Waals surface area contributed by atoms with E-state index in [1.165, 1.54) is 36.3 Å². The third-order valence-corrected chi connectivity index (χ3v) is 5.08. The normalized spacial score (nSPS) is 18.1. The van der Waals surface area contributed by atoms with Gasteiger partial charge in [0, 0.05) is 43.0 Å². The first-order valence-corrected chi connectivity index (χ1v) is 9.50. The van der Waals surface area contributed by atoms with E-state index >= 15 is 0 Å². The van der Waals surface area contributed by atoms with Gasteiger partial charge in [0.2, 0.25) is 0 Å². The molecule has 0 spiro atoms. The molecule has 0 saturated carbocycles. The molecule has 1 saturated heterocycles. The van der Waals surface area contributed by atoms with E-state index in [4.69, 9.17) is 16.3 Å². The lowest BCUT2D eigenvalue weighted by atomic mass is 9.95. The number of ketones is 1. The number of non-ortho nitro benzene ring substituents is 1. The molecule has 1 atom stereocenters. The molecule has 8 nitrogen and oxygen atoms in total. The standard InChI is InChI=1S/C21H19ClN2O6/c1-30-12-2-11-23-18(13-5-9-16(10-6-13)24(28)29)17(20(26)21(23)27)19(25)14-3-7-15(22)8-4-14/h3-10,18,25H,2,11-12H2,1H3/b19-17+/t18-/m1/s1. The van der Waals surface area contributed by atoms with Crippen molar-refractivity contribution in [2.45, 2.75) is 12.5 Å². The Morgan fingerprint density at radius 3 is 2.37 bits per heavy atom. The molecule has 2 aromatic carbocycles. The van der Waals surface area contributed by atoms with Crippen LogP contribution in [0.4, 0.5) is 5.69 Å². The molecule has 3 rings (SSSR count). The van der Waals surface area contributed by atoms with Crippen LogP contribution in [0.5, 0.6) is 0 Å². The van der Waals surface area contributed by atoms with Gasteiger partial charge in [-0.2, -0.15) is 0 Å². The molecule has 0 unspecified atom stereocenters. The Bertz CT molecular complexity index is 1000. The number of hydrogen-bond donors (Lipinski definition) is 1. The number of rotatable bonds is 7. The van der Waals surface area contributed by atoms with Crippen LogP contribution < -0.4 is 0 Å². The summed E-state index contributed by atoms with van der Waals surface area (Å²) in [5.41, 5.74) is 0.621. The van der Waals surface area contributed by atoms with E-state index in [1.54, 1.807) is 24.3 Å². The van der Waals surface area contributed by atoms with Crippen LogP contribution in [0.15, 0.2) is 54.1 Å². The Labute approximate surface area is 177 Å². The Morgan fingerprint density at radius 1 is 1.17 bits per heavy atom. The SMILES string of the molecule is COCCCN1C(=O)C(=O)/C(=C(/O)c2ccc(Cl)cc2)[C@H]1c1ccc([N+](=O)[O-])cc1. The van der Waals surface area contributed by atoms with Crippen molar-refractivity contribution < 1.29 is 24.4 Å². The monoisotopic (exact) mass is 430 g/mol. The van der Waals surface area contributed by atoms with Gasteiger partial charge in [-0.15, -0.1) is 0 Å². The highest BCUT2D eigenvalue weighted by Gasteiger charge is 2.45. The van der Waals surface area contributed by atoms with E-state index in [9.17, 15) is 24.8 Å². The largest absolute Gasteiger partial charge is 0.507 e. The van der Waals surface area contributed by atoms with Gasteiger partial charge >= 0.3 is 0 Å². The van der Waals surface area contributed by atoms with Crippen molar-refractivity contribution in [1.82, 2.24) is 4.90 Å². The van der Waals surface area contributed by atoms with Crippen LogP contribution in [0.3, 0.4) is 0 Å². The number of carbonyl (C=O) groups excluding carboxylic acids is 2. The fourth-order valence-corrected chi connectivity index (χ4v) is 3.50. The Morgan fingerprint density at radius 2 is 1.80 bits per heavy atom. The van der Waals surface area contributed by atoms with Crippen molar-refractivity contribution in [2.75, 3.05) is 20.3 Å². The maximum absolute atomic E-state index is 12.8. The smallest absolute Gasteiger partial charge is 0.295 e. The van der Waals surface area contributed by atoms with Crippen LogP contribution in [-0.4, -0.2) is 46.9 Å². The van der Waals surface area contributed by atoms with E-state index in [0.29, 0.717) is 29.2 Å². The van der Waals surface area contributed by atoms with Gasteiger partial charge in [0.15, 0.2) is 0 Å². The van der Waals surface area contributed by atoms with Gasteiger partial charge in [-0.3, -0.25) is 19.7 Å². The molecule has 156 valence electrons. The zero-order valence-corrected chi connectivity index (χ0v) is 16.8. The quantitative estimate of drug-likeness (QED) is 0.179. The number of nitro groups is 1. The van der Waals surface area contributed by atoms with Crippen molar-refractivity contribution in [3.63, 3.8) is 0 Å². The third kappa shape index (κ3) is 4.19. The molecule has 2 aromatic rings. The van der Waals surface area contributed by atoms with Crippen molar-refractivity contribution in [1.29, 1.82) is 0 Å². The number of carbonyl (C=O) groups is 2. The van der Waals surface area contributed by atoms with Crippen LogP contribution in [-0.2, 0) is 14.3 Å². The van der Waals surface area contributed by atoms with E-state index < -0.39 is 22.7 Å². The second-order valence-electron chi connectivity index (χ2n) is 6.69. The molecular formula is C21H19ClN2O6. The molecule has 30 heavy (non-hydrogen) atoms. The van der Waals surface area contributed by atoms with E-state index in [2.05, 4.69) is 0 Å². The predicted molar refractivity (Wildman–Crippen MR) is 110 cm³/mol. The summed E-state index contributed by atoms with van der Waals surface area (Å²) in [5.74, 6) is -1.89. The predicted octanol–water partition coefficient (Wildman–Crippen LogP) is 3.71. The van der Waals surface area contributed by atoms with Crippen LogP contribution in [0.1, 0.15) is 23.6 Å². The Balaban J connectivity index is 2.11. The first-order chi connectivity index (χ1) is 14.3. The molecule has 0 radical (unpaired) electrons. The number of benzene rings is 2. The number of hydrogen-bond acceptors (Lipinski definition) is 6. The van der Waals surface area contributed by atoms with Crippen molar-refractivity contribution in [2.24, 2.45) is 0 Å². The van der Waals surface area contributed by atoms with Crippen molar-refractivity contribution in [3.8, 4) is 0 Å². The second kappa shape index (κ2) is 9.06. The number of Topliss-reactive ketones (excluding diaryl/α,β-unsaturated/α-hetero) is 1. The molecule has 0 aromatic heterocycles. The number of ether oxygens (including phenoxy) is 1. The van der Waals surface area contributed by atoms with Crippen LogP contribution in [0, 0.1) is 10.1 Å². The molecule has 1 aliphatic rings. The fraction of sp³-hybridized carbons (Fsp3) is 0.238. The summed E-state index contributed by atoms with van der Waals surface area (Å²) in [4.78, 5) is 37.3. The first kappa shape index (κ1) is 21.5. The van der Waals surface area contributed by atoms with Crippen LogP contribution in [0.25, 0.3) is 5.76 Å². The zero-order chi connectivity index (χ0) is 21.8. The number of nitro benzene ring substituents is 1. The summed E-state index contributed by atoms with van der Waals surface area (Å²) in [5, 5.41) is 22.3. The molecule has 1 aliphatic heterocycles. The van der Waals surface area contributed by atoms with Gasteiger partial charge in [-0.1, -0.05) is 11.6 Å². The highest BCUT2D eigenvalue weighted by Crippen LogP contribution is 2.39.